The van der Waals surface area contributed by atoms with Gasteiger partial charge in [-0.2, -0.15) is 5.10 Å². The van der Waals surface area contributed by atoms with Crippen LogP contribution in [0.3, 0.4) is 0 Å². The third kappa shape index (κ3) is 7.46. The van der Waals surface area contributed by atoms with E-state index in [9.17, 15) is 14.9 Å². The quantitative estimate of drug-likeness (QED) is 0.0810. The van der Waals surface area contributed by atoms with Gasteiger partial charge in [-0.1, -0.05) is 0 Å². The summed E-state index contributed by atoms with van der Waals surface area (Å²) in [5, 5.41) is 15.0. The van der Waals surface area contributed by atoms with Crippen molar-refractivity contribution in [3.63, 3.8) is 0 Å². The lowest BCUT2D eigenvalue weighted by molar-refractivity contribution is -0.384. The molecule has 11 nitrogen and oxygen atoms in total. The Balaban J connectivity index is 1.01. The number of benzene rings is 3. The highest BCUT2D eigenvalue weighted by Crippen LogP contribution is 2.24. The molecule has 0 aliphatic rings. The zero-order chi connectivity index (χ0) is 34.5. The molecule has 0 aliphatic heterocycles. The fourth-order valence-corrected chi connectivity index (χ4v) is 5.60. The van der Waals surface area contributed by atoms with Crippen molar-refractivity contribution in [3.05, 3.63) is 159 Å². The Morgan fingerprint density at radius 1 is 0.776 bits per heavy atom. The first-order valence-corrected chi connectivity index (χ1v) is 15.6. The topological polar surface area (TPSA) is 126 Å². The SMILES string of the molecule is Cc1ccc(C)n1-c1ccc(OCc2ccc(C(=O)N/N=C/c3cc(C)n(-c4ccc(OCc5ccc([N+](=O)[O-])cc5)cc4)c3C)o2)cc1. The highest BCUT2D eigenvalue weighted by atomic mass is 16.6. The van der Waals surface area contributed by atoms with E-state index < -0.39 is 10.8 Å². The second-order valence-corrected chi connectivity index (χ2v) is 11.6. The summed E-state index contributed by atoms with van der Waals surface area (Å²) in [5.41, 5.74) is 10.5. The Labute approximate surface area is 283 Å². The van der Waals surface area contributed by atoms with E-state index in [0.29, 0.717) is 23.9 Å². The molecule has 0 spiro atoms. The number of aryl methyl sites for hydroxylation is 3. The molecule has 3 aromatic heterocycles. The molecule has 3 heterocycles. The van der Waals surface area contributed by atoms with Crippen molar-refractivity contribution in [1.29, 1.82) is 0 Å². The second-order valence-electron chi connectivity index (χ2n) is 11.6. The van der Waals surface area contributed by atoms with Gasteiger partial charge in [-0.3, -0.25) is 14.9 Å². The van der Waals surface area contributed by atoms with Crippen LogP contribution in [0.25, 0.3) is 11.4 Å². The normalized spacial score (nSPS) is 11.2. The first kappa shape index (κ1) is 32.6. The van der Waals surface area contributed by atoms with Crippen molar-refractivity contribution in [2.45, 2.75) is 40.9 Å². The number of amides is 1. The van der Waals surface area contributed by atoms with Crippen LogP contribution in [0.15, 0.2) is 113 Å². The predicted molar refractivity (Wildman–Crippen MR) is 186 cm³/mol. The monoisotopic (exact) mass is 657 g/mol. The molecule has 0 saturated heterocycles. The Morgan fingerprint density at radius 2 is 1.37 bits per heavy atom. The molecule has 0 atom stereocenters. The number of nitrogens with zero attached hydrogens (tertiary/aromatic N) is 4. The van der Waals surface area contributed by atoms with E-state index in [1.54, 1.807) is 30.5 Å². The molecule has 6 rings (SSSR count). The Morgan fingerprint density at radius 3 is 1.98 bits per heavy atom. The molecule has 0 saturated carbocycles. The Hall–Kier alpha value is -6.36. The minimum Gasteiger partial charge on any atom is -0.489 e. The standard InChI is InChI=1S/C38H35N5O6/c1-25-5-6-26(2)41(25)31-11-15-35(16-12-31)48-24-36-19-20-37(49-36)38(44)40-39-22-30-21-27(3)42(28(30)4)32-13-17-34(18-14-32)47-23-29-7-9-33(10-8-29)43(45)46/h5-22H,23-24H2,1-4H3,(H,40,44)/b39-22+. The minimum absolute atomic E-state index is 0.0440. The lowest BCUT2D eigenvalue weighted by Crippen LogP contribution is -2.16. The minimum atomic E-state index is -0.470. The third-order valence-electron chi connectivity index (χ3n) is 8.12. The number of ether oxygens (including phenoxy) is 2. The number of nitrogens with one attached hydrogen (secondary N) is 1. The van der Waals surface area contributed by atoms with Gasteiger partial charge in [0.2, 0.25) is 0 Å². The highest BCUT2D eigenvalue weighted by molar-refractivity contribution is 5.92. The van der Waals surface area contributed by atoms with Gasteiger partial charge >= 0.3 is 5.91 Å². The van der Waals surface area contributed by atoms with Crippen molar-refractivity contribution < 1.29 is 23.6 Å². The molecule has 11 heteroatoms. The molecular formula is C38H35N5O6. The predicted octanol–water partition coefficient (Wildman–Crippen LogP) is 7.92. The molecule has 3 aromatic carbocycles. The molecule has 0 unspecified atom stereocenters. The van der Waals surface area contributed by atoms with Crippen LogP contribution in [0.1, 0.15) is 50.2 Å². The molecule has 0 radical (unpaired) electrons. The van der Waals surface area contributed by atoms with Crippen LogP contribution in [0.5, 0.6) is 11.5 Å². The fraction of sp³-hybridized carbons (Fsp3) is 0.158. The van der Waals surface area contributed by atoms with Gasteiger partial charge in [0.25, 0.3) is 5.69 Å². The van der Waals surface area contributed by atoms with Crippen molar-refractivity contribution >= 4 is 17.8 Å². The van der Waals surface area contributed by atoms with Gasteiger partial charge < -0.3 is 23.0 Å². The third-order valence-corrected chi connectivity index (χ3v) is 8.12. The van der Waals surface area contributed by atoms with E-state index in [0.717, 1.165) is 45.3 Å². The van der Waals surface area contributed by atoms with Crippen LogP contribution in [0, 0.1) is 37.8 Å². The lowest BCUT2D eigenvalue weighted by Gasteiger charge is -2.11. The zero-order valence-electron chi connectivity index (χ0n) is 27.5. The van der Waals surface area contributed by atoms with E-state index >= 15 is 0 Å². The number of rotatable bonds is 12. The number of hydrazone groups is 1. The van der Waals surface area contributed by atoms with Gasteiger partial charge in [0.15, 0.2) is 5.76 Å². The summed E-state index contributed by atoms with van der Waals surface area (Å²) in [7, 11) is 0. The molecule has 0 aliphatic carbocycles. The van der Waals surface area contributed by atoms with Crippen LogP contribution in [-0.4, -0.2) is 26.2 Å². The second kappa shape index (κ2) is 14.2. The Kier molecular flexibility index (Phi) is 9.43. The first-order valence-electron chi connectivity index (χ1n) is 15.6. The number of carbonyl (C=O) groups excluding carboxylic acids is 1. The van der Waals surface area contributed by atoms with Gasteiger partial charge in [0, 0.05) is 51.8 Å². The molecule has 0 fully saturated rings. The summed E-state index contributed by atoms with van der Waals surface area (Å²) in [6.45, 7) is 8.58. The Bertz CT molecular complexity index is 2100. The molecule has 0 bridgehead atoms. The lowest BCUT2D eigenvalue weighted by atomic mass is 10.2. The number of furan rings is 1. The van der Waals surface area contributed by atoms with E-state index in [1.807, 2.05) is 68.4 Å². The maximum atomic E-state index is 12.7. The molecule has 248 valence electrons. The van der Waals surface area contributed by atoms with Crippen LogP contribution >= 0.6 is 0 Å². The van der Waals surface area contributed by atoms with E-state index in [-0.39, 0.29) is 18.1 Å². The molecule has 1 N–H and O–H groups in total. The molecule has 1 amide bonds. The van der Waals surface area contributed by atoms with Gasteiger partial charge in [-0.05, 0) is 124 Å². The summed E-state index contributed by atoms with van der Waals surface area (Å²) in [4.78, 5) is 23.1. The number of hydrogen-bond donors (Lipinski definition) is 1. The van der Waals surface area contributed by atoms with Gasteiger partial charge in [-0.15, -0.1) is 0 Å². The molecule has 49 heavy (non-hydrogen) atoms. The van der Waals surface area contributed by atoms with Crippen LogP contribution < -0.4 is 14.9 Å². The zero-order valence-corrected chi connectivity index (χ0v) is 27.5. The average Bonchev–Trinajstić information content (AvgIpc) is 3.80. The van der Waals surface area contributed by atoms with Crippen LogP contribution in [0.4, 0.5) is 5.69 Å². The highest BCUT2D eigenvalue weighted by Gasteiger charge is 2.13. The summed E-state index contributed by atoms with van der Waals surface area (Å²) in [6, 6.07) is 31.2. The largest absolute Gasteiger partial charge is 0.489 e. The van der Waals surface area contributed by atoms with E-state index in [4.69, 9.17) is 13.9 Å². The van der Waals surface area contributed by atoms with Gasteiger partial charge in [0.1, 0.15) is 30.5 Å². The maximum absolute atomic E-state index is 12.7. The van der Waals surface area contributed by atoms with Gasteiger partial charge in [-0.25, -0.2) is 5.43 Å². The summed E-state index contributed by atoms with van der Waals surface area (Å²) < 4.78 is 21.7. The summed E-state index contributed by atoms with van der Waals surface area (Å²) >= 11 is 0. The summed E-state index contributed by atoms with van der Waals surface area (Å²) in [5.74, 6) is 1.55. The summed E-state index contributed by atoms with van der Waals surface area (Å²) in [6.07, 6.45) is 1.60. The maximum Gasteiger partial charge on any atom is 0.307 e. The molecule has 6 aromatic rings. The van der Waals surface area contributed by atoms with E-state index in [2.05, 4.69) is 45.6 Å². The van der Waals surface area contributed by atoms with Crippen LogP contribution in [0.2, 0.25) is 0 Å². The number of non-ortho nitro benzene ring substituents is 1. The average molecular weight is 658 g/mol. The van der Waals surface area contributed by atoms with Crippen molar-refractivity contribution in [2.24, 2.45) is 5.10 Å². The van der Waals surface area contributed by atoms with E-state index in [1.165, 1.54) is 12.1 Å². The van der Waals surface area contributed by atoms with Crippen molar-refractivity contribution in [3.8, 4) is 22.9 Å². The number of nitro groups is 1. The number of carbonyl (C=O) groups is 1. The van der Waals surface area contributed by atoms with Crippen molar-refractivity contribution in [1.82, 2.24) is 14.6 Å². The van der Waals surface area contributed by atoms with Gasteiger partial charge in [0.05, 0.1) is 11.1 Å². The number of nitro benzene ring substituents is 1. The molecular weight excluding hydrogens is 622 g/mol. The smallest absolute Gasteiger partial charge is 0.307 e. The fourth-order valence-electron chi connectivity index (χ4n) is 5.60. The first-order chi connectivity index (χ1) is 23.7. The number of aromatic nitrogens is 2. The van der Waals surface area contributed by atoms with Crippen molar-refractivity contribution in [2.75, 3.05) is 0 Å². The van der Waals surface area contributed by atoms with Crippen LogP contribution in [-0.2, 0) is 13.2 Å². The number of hydrogen-bond acceptors (Lipinski definition) is 7.